The summed E-state index contributed by atoms with van der Waals surface area (Å²) >= 11 is 6.83. The number of rotatable bonds is 6. The summed E-state index contributed by atoms with van der Waals surface area (Å²) < 4.78 is 0. The van der Waals surface area contributed by atoms with Crippen molar-refractivity contribution < 1.29 is 14.4 Å². The largest absolute Gasteiger partial charge is 0.366 e. The average Bonchev–Trinajstić information content (AvgIpc) is 3.04. The van der Waals surface area contributed by atoms with Gasteiger partial charge in [0.05, 0.1) is 4.91 Å². The SMILES string of the molecule is CCCN1c2cc(C)c(/C=C3/SC(=O)N(CC(=O)Nc4cccc(Cl)c4)C3=O)cc2C(C)CC1(C)C. The Hall–Kier alpha value is -2.77. The second-order valence-electron chi connectivity index (χ2n) is 10.2. The van der Waals surface area contributed by atoms with Gasteiger partial charge in [-0.3, -0.25) is 19.3 Å². The Morgan fingerprint density at radius 2 is 2.00 bits per heavy atom. The molecule has 8 heteroatoms. The highest BCUT2D eigenvalue weighted by molar-refractivity contribution is 8.18. The Balaban J connectivity index is 1.56. The minimum Gasteiger partial charge on any atom is -0.366 e. The van der Waals surface area contributed by atoms with Gasteiger partial charge < -0.3 is 10.2 Å². The molecule has 36 heavy (non-hydrogen) atoms. The van der Waals surface area contributed by atoms with Crippen LogP contribution in [-0.2, 0) is 9.59 Å². The zero-order chi connectivity index (χ0) is 26.2. The molecule has 2 aromatic carbocycles. The van der Waals surface area contributed by atoms with Crippen LogP contribution in [0.4, 0.5) is 16.2 Å². The van der Waals surface area contributed by atoms with E-state index < -0.39 is 17.1 Å². The number of thioether (sulfide) groups is 1. The van der Waals surface area contributed by atoms with Gasteiger partial charge in [-0.25, -0.2) is 0 Å². The molecule has 0 radical (unpaired) electrons. The van der Waals surface area contributed by atoms with Crippen LogP contribution in [0, 0.1) is 6.92 Å². The summed E-state index contributed by atoms with van der Waals surface area (Å²) in [5.74, 6) is -0.538. The van der Waals surface area contributed by atoms with Crippen molar-refractivity contribution in [1.29, 1.82) is 0 Å². The van der Waals surface area contributed by atoms with Crippen molar-refractivity contribution in [3.8, 4) is 0 Å². The van der Waals surface area contributed by atoms with Crippen molar-refractivity contribution in [2.45, 2.75) is 58.9 Å². The van der Waals surface area contributed by atoms with Crippen LogP contribution in [0.2, 0.25) is 5.02 Å². The maximum Gasteiger partial charge on any atom is 0.294 e. The number of fused-ring (bicyclic) bond motifs is 1. The van der Waals surface area contributed by atoms with Crippen LogP contribution in [0.15, 0.2) is 41.3 Å². The molecule has 1 atom stereocenters. The summed E-state index contributed by atoms with van der Waals surface area (Å²) in [6, 6.07) is 11.1. The first-order valence-electron chi connectivity index (χ1n) is 12.2. The minimum absolute atomic E-state index is 0.0741. The first-order chi connectivity index (χ1) is 17.0. The summed E-state index contributed by atoms with van der Waals surface area (Å²) in [5.41, 5.74) is 5.07. The molecule has 2 aromatic rings. The molecular weight excluding hydrogens is 494 g/mol. The lowest BCUT2D eigenvalue weighted by Crippen LogP contribution is -2.48. The van der Waals surface area contributed by atoms with E-state index in [1.54, 1.807) is 30.3 Å². The lowest BCUT2D eigenvalue weighted by atomic mass is 9.79. The van der Waals surface area contributed by atoms with E-state index in [-0.39, 0.29) is 12.1 Å². The summed E-state index contributed by atoms with van der Waals surface area (Å²) in [5, 5.41) is 2.71. The zero-order valence-corrected chi connectivity index (χ0v) is 22.9. The molecule has 2 heterocycles. The maximum atomic E-state index is 13.1. The first kappa shape index (κ1) is 26.3. The number of carbonyl (C=O) groups is 3. The fraction of sp³-hybridized carbons (Fsp3) is 0.393. The predicted molar refractivity (Wildman–Crippen MR) is 149 cm³/mol. The van der Waals surface area contributed by atoms with Gasteiger partial charge in [0.2, 0.25) is 5.91 Å². The Morgan fingerprint density at radius 1 is 1.25 bits per heavy atom. The minimum atomic E-state index is -0.460. The molecule has 4 rings (SSSR count). The van der Waals surface area contributed by atoms with E-state index in [2.05, 4.69) is 50.0 Å². The van der Waals surface area contributed by atoms with Gasteiger partial charge in [-0.05, 0) is 104 Å². The van der Waals surface area contributed by atoms with Gasteiger partial charge in [0.25, 0.3) is 11.1 Å². The van der Waals surface area contributed by atoms with E-state index in [1.165, 1.54) is 11.3 Å². The number of hydrogen-bond donors (Lipinski definition) is 1. The fourth-order valence-electron chi connectivity index (χ4n) is 5.14. The number of nitrogens with zero attached hydrogens (tertiary/aromatic N) is 2. The number of anilines is 2. The molecule has 0 spiro atoms. The Labute approximate surface area is 222 Å². The lowest BCUT2D eigenvalue weighted by Gasteiger charge is -2.48. The van der Waals surface area contributed by atoms with Gasteiger partial charge in [-0.1, -0.05) is 31.5 Å². The molecule has 1 saturated heterocycles. The molecule has 1 fully saturated rings. The molecule has 0 bridgehead atoms. The molecule has 3 amide bonds. The first-order valence-corrected chi connectivity index (χ1v) is 13.4. The molecular formula is C28H32ClN3O3S. The molecule has 2 aliphatic rings. The highest BCUT2D eigenvalue weighted by atomic mass is 35.5. The molecule has 0 aromatic heterocycles. The third kappa shape index (κ3) is 5.32. The van der Waals surface area contributed by atoms with E-state index >= 15 is 0 Å². The van der Waals surface area contributed by atoms with Crippen LogP contribution in [0.3, 0.4) is 0 Å². The van der Waals surface area contributed by atoms with Crippen molar-refractivity contribution >= 4 is 57.9 Å². The number of nitrogens with one attached hydrogen (secondary N) is 1. The lowest BCUT2D eigenvalue weighted by molar-refractivity contribution is -0.127. The second-order valence-corrected chi connectivity index (χ2v) is 11.6. The number of amides is 3. The van der Waals surface area contributed by atoms with Crippen LogP contribution in [0.5, 0.6) is 0 Å². The Kier molecular flexibility index (Phi) is 7.53. The normalized spacial score (nSPS) is 20.2. The van der Waals surface area contributed by atoms with Gasteiger partial charge in [-0.15, -0.1) is 0 Å². The van der Waals surface area contributed by atoms with Crippen molar-refractivity contribution in [1.82, 2.24) is 4.90 Å². The van der Waals surface area contributed by atoms with E-state index in [4.69, 9.17) is 11.6 Å². The number of halogens is 1. The molecule has 2 aliphatic heterocycles. The summed E-state index contributed by atoms with van der Waals surface area (Å²) in [4.78, 5) is 42.0. The monoisotopic (exact) mass is 525 g/mol. The molecule has 1 N–H and O–H groups in total. The molecule has 0 aliphatic carbocycles. The summed E-state index contributed by atoms with van der Waals surface area (Å²) in [7, 11) is 0. The summed E-state index contributed by atoms with van der Waals surface area (Å²) in [6.07, 6.45) is 3.89. The van der Waals surface area contributed by atoms with Crippen LogP contribution in [-0.4, -0.2) is 40.6 Å². The van der Waals surface area contributed by atoms with Crippen molar-refractivity contribution in [2.75, 3.05) is 23.3 Å². The predicted octanol–water partition coefficient (Wildman–Crippen LogP) is 6.83. The number of imide groups is 1. The van der Waals surface area contributed by atoms with Gasteiger partial charge in [0.1, 0.15) is 6.54 Å². The van der Waals surface area contributed by atoms with Crippen molar-refractivity contribution in [2.24, 2.45) is 0 Å². The quantitative estimate of drug-likeness (QED) is 0.419. The fourth-order valence-corrected chi connectivity index (χ4v) is 6.16. The van der Waals surface area contributed by atoms with Crippen LogP contribution >= 0.6 is 23.4 Å². The molecule has 6 nitrogen and oxygen atoms in total. The van der Waals surface area contributed by atoms with Gasteiger partial charge in [0, 0.05) is 28.5 Å². The van der Waals surface area contributed by atoms with Crippen molar-refractivity contribution in [3.63, 3.8) is 0 Å². The van der Waals surface area contributed by atoms with E-state index in [1.807, 2.05) is 6.92 Å². The number of hydrogen-bond acceptors (Lipinski definition) is 5. The third-order valence-electron chi connectivity index (χ3n) is 6.79. The molecule has 190 valence electrons. The highest BCUT2D eigenvalue weighted by Crippen LogP contribution is 2.45. The zero-order valence-electron chi connectivity index (χ0n) is 21.4. The molecule has 0 saturated carbocycles. The number of aryl methyl sites for hydroxylation is 1. The second kappa shape index (κ2) is 10.3. The van der Waals surface area contributed by atoms with Gasteiger partial charge in [-0.2, -0.15) is 0 Å². The van der Waals surface area contributed by atoms with Crippen molar-refractivity contribution in [3.05, 3.63) is 63.0 Å². The Bertz CT molecular complexity index is 1260. The highest BCUT2D eigenvalue weighted by Gasteiger charge is 2.38. The van der Waals surface area contributed by atoms with E-state index in [9.17, 15) is 14.4 Å². The van der Waals surface area contributed by atoms with Gasteiger partial charge in [0.15, 0.2) is 0 Å². The van der Waals surface area contributed by atoms with Crippen LogP contribution in [0.25, 0.3) is 6.08 Å². The van der Waals surface area contributed by atoms with E-state index in [0.29, 0.717) is 21.5 Å². The number of carbonyl (C=O) groups excluding carboxylic acids is 3. The summed E-state index contributed by atoms with van der Waals surface area (Å²) in [6.45, 7) is 11.7. The van der Waals surface area contributed by atoms with Crippen LogP contribution < -0.4 is 10.2 Å². The smallest absolute Gasteiger partial charge is 0.294 e. The standard InChI is InChI=1S/C28H32ClN3O3S/c1-6-10-32-23-11-17(2)19(12-22(23)18(3)15-28(32,4)5)13-24-26(34)31(27(35)36-24)16-25(33)30-21-9-7-8-20(29)14-21/h7-9,11-14,18H,6,10,15-16H2,1-5H3,(H,30,33)/b24-13+. The molecule has 1 unspecified atom stereocenters. The average molecular weight is 526 g/mol. The Morgan fingerprint density at radius 3 is 2.69 bits per heavy atom. The van der Waals surface area contributed by atoms with Crippen LogP contribution in [0.1, 0.15) is 63.1 Å². The topological polar surface area (TPSA) is 69.7 Å². The third-order valence-corrected chi connectivity index (χ3v) is 7.93. The maximum absolute atomic E-state index is 13.1. The van der Waals surface area contributed by atoms with Gasteiger partial charge >= 0.3 is 0 Å². The van der Waals surface area contributed by atoms with E-state index in [0.717, 1.165) is 47.2 Å². The number of benzene rings is 2.